The summed E-state index contributed by atoms with van der Waals surface area (Å²) in [7, 11) is -3.58. The van der Waals surface area contributed by atoms with E-state index >= 15 is 0 Å². The molecule has 0 saturated heterocycles. The van der Waals surface area contributed by atoms with Crippen LogP contribution in [0.3, 0.4) is 0 Å². The third kappa shape index (κ3) is 2.29. The summed E-state index contributed by atoms with van der Waals surface area (Å²) in [6.07, 6.45) is 3.91. The lowest BCUT2D eigenvalue weighted by molar-refractivity contribution is 0.409. The Morgan fingerprint density at radius 1 is 1.58 bits per heavy atom. The minimum Gasteiger partial charge on any atom is -0.279 e. The van der Waals surface area contributed by atoms with Gasteiger partial charge in [0.05, 0.1) is 0 Å². The fourth-order valence-electron chi connectivity index (χ4n) is 2.08. The number of fused-ring (bicyclic) bond motifs is 1. The van der Waals surface area contributed by atoms with E-state index in [1.54, 1.807) is 16.0 Å². The summed E-state index contributed by atoms with van der Waals surface area (Å²) in [6.45, 7) is 2.87. The third-order valence-electron chi connectivity index (χ3n) is 3.27. The van der Waals surface area contributed by atoms with Crippen LogP contribution in [-0.4, -0.2) is 35.2 Å². The molecule has 0 bridgehead atoms. The van der Waals surface area contributed by atoms with E-state index in [4.69, 9.17) is 11.6 Å². The van der Waals surface area contributed by atoms with Crippen molar-refractivity contribution in [2.75, 3.05) is 13.1 Å². The normalized spacial score (nSPS) is 16.6. The monoisotopic (exact) mass is 319 g/mol. The average molecular weight is 320 g/mol. The maximum absolute atomic E-state index is 12.7. The van der Waals surface area contributed by atoms with Gasteiger partial charge in [-0.3, -0.25) is 4.40 Å². The second kappa shape index (κ2) is 4.73. The van der Waals surface area contributed by atoms with Gasteiger partial charge in [0.15, 0.2) is 15.1 Å². The fraction of sp³-hybridized carbons (Fsp3) is 0.545. The summed E-state index contributed by atoms with van der Waals surface area (Å²) in [5.74, 6) is 0.499. The van der Waals surface area contributed by atoms with Gasteiger partial charge in [0.1, 0.15) is 0 Å². The van der Waals surface area contributed by atoms with Crippen LogP contribution in [-0.2, 0) is 10.0 Å². The van der Waals surface area contributed by atoms with Crippen LogP contribution in [0.1, 0.15) is 19.8 Å². The van der Waals surface area contributed by atoms with Crippen molar-refractivity contribution in [2.24, 2.45) is 5.92 Å². The van der Waals surface area contributed by atoms with Crippen LogP contribution in [0, 0.1) is 5.92 Å². The minimum absolute atomic E-state index is 0.0566. The van der Waals surface area contributed by atoms with E-state index in [-0.39, 0.29) is 10.2 Å². The molecule has 2 heterocycles. The number of hydrogen-bond donors (Lipinski definition) is 0. The highest BCUT2D eigenvalue weighted by atomic mass is 35.5. The molecule has 1 aliphatic carbocycles. The SMILES string of the molecule is CCN(CC1CC1)S(=O)(=O)c1c(Cl)nc2sccn12. The summed E-state index contributed by atoms with van der Waals surface area (Å²) >= 11 is 7.38. The Hall–Kier alpha value is -0.630. The first-order chi connectivity index (χ1) is 9.04. The van der Waals surface area contributed by atoms with Gasteiger partial charge in [-0.2, -0.15) is 4.31 Å². The Morgan fingerprint density at radius 2 is 2.32 bits per heavy atom. The van der Waals surface area contributed by atoms with Crippen LogP contribution < -0.4 is 0 Å². The smallest absolute Gasteiger partial charge is 0.262 e. The van der Waals surface area contributed by atoms with Gasteiger partial charge < -0.3 is 0 Å². The Balaban J connectivity index is 2.06. The van der Waals surface area contributed by atoms with Crippen LogP contribution in [0.2, 0.25) is 5.15 Å². The number of thiazole rings is 1. The van der Waals surface area contributed by atoms with Gasteiger partial charge in [-0.1, -0.05) is 18.5 Å². The third-order valence-corrected chi connectivity index (χ3v) is 6.37. The highest BCUT2D eigenvalue weighted by Crippen LogP contribution is 2.33. The number of sulfonamides is 1. The van der Waals surface area contributed by atoms with E-state index in [9.17, 15) is 8.42 Å². The first-order valence-corrected chi connectivity index (χ1v) is 8.85. The first kappa shape index (κ1) is 13.4. The lowest BCUT2D eigenvalue weighted by Crippen LogP contribution is -2.33. The molecular weight excluding hydrogens is 306 g/mol. The molecule has 2 aromatic rings. The van der Waals surface area contributed by atoms with Gasteiger partial charge in [-0.05, 0) is 18.8 Å². The topological polar surface area (TPSA) is 54.7 Å². The summed E-state index contributed by atoms with van der Waals surface area (Å²) in [4.78, 5) is 4.69. The lowest BCUT2D eigenvalue weighted by atomic mass is 10.4. The molecule has 5 nitrogen and oxygen atoms in total. The highest BCUT2D eigenvalue weighted by molar-refractivity contribution is 7.89. The van der Waals surface area contributed by atoms with E-state index < -0.39 is 10.0 Å². The minimum atomic E-state index is -3.58. The molecule has 0 unspecified atom stereocenters. The Morgan fingerprint density at radius 3 is 2.95 bits per heavy atom. The standard InChI is InChI=1S/C11H14ClN3O2S2/c1-2-14(7-8-3-4-8)19(16,17)10-9(12)13-11-15(10)5-6-18-11/h5-6,8H,2-4,7H2,1H3. The summed E-state index contributed by atoms with van der Waals surface area (Å²) in [6, 6.07) is 0. The molecule has 19 heavy (non-hydrogen) atoms. The second-order valence-electron chi connectivity index (χ2n) is 4.66. The van der Waals surface area contributed by atoms with Crippen molar-refractivity contribution >= 4 is 37.9 Å². The van der Waals surface area contributed by atoms with Gasteiger partial charge in [0.2, 0.25) is 0 Å². The predicted molar refractivity (Wildman–Crippen MR) is 75.2 cm³/mol. The zero-order valence-electron chi connectivity index (χ0n) is 10.4. The van der Waals surface area contributed by atoms with E-state index in [1.807, 2.05) is 6.92 Å². The van der Waals surface area contributed by atoms with Crippen LogP contribution >= 0.6 is 22.9 Å². The number of imidazole rings is 1. The van der Waals surface area contributed by atoms with Gasteiger partial charge in [-0.15, -0.1) is 11.3 Å². The van der Waals surface area contributed by atoms with Crippen molar-refractivity contribution < 1.29 is 8.42 Å². The van der Waals surface area contributed by atoms with Crippen LogP contribution in [0.5, 0.6) is 0 Å². The van der Waals surface area contributed by atoms with Crippen molar-refractivity contribution in [3.05, 3.63) is 16.7 Å². The number of aromatic nitrogens is 2. The Bertz CT molecular complexity index is 703. The molecule has 0 spiro atoms. The van der Waals surface area contributed by atoms with Gasteiger partial charge in [0, 0.05) is 24.7 Å². The van der Waals surface area contributed by atoms with Crippen LogP contribution in [0.4, 0.5) is 0 Å². The zero-order chi connectivity index (χ0) is 13.6. The van der Waals surface area contributed by atoms with E-state index in [2.05, 4.69) is 4.98 Å². The molecule has 3 rings (SSSR count). The lowest BCUT2D eigenvalue weighted by Gasteiger charge is -2.19. The molecule has 0 radical (unpaired) electrons. The van der Waals surface area contributed by atoms with Crippen LogP contribution in [0.25, 0.3) is 4.96 Å². The van der Waals surface area contributed by atoms with Crippen molar-refractivity contribution in [1.82, 2.24) is 13.7 Å². The quantitative estimate of drug-likeness (QED) is 0.850. The highest BCUT2D eigenvalue weighted by Gasteiger charge is 2.34. The fourth-order valence-corrected chi connectivity index (χ4v) is 5.01. The van der Waals surface area contributed by atoms with Crippen molar-refractivity contribution in [3.8, 4) is 0 Å². The maximum Gasteiger partial charge on any atom is 0.262 e. The number of rotatable bonds is 5. The molecule has 104 valence electrons. The molecule has 0 N–H and O–H groups in total. The van der Waals surface area contributed by atoms with E-state index in [0.717, 1.165) is 12.8 Å². The van der Waals surface area contributed by atoms with E-state index in [1.165, 1.54) is 15.6 Å². The molecule has 1 aliphatic rings. The Labute approximate surface area is 120 Å². The maximum atomic E-state index is 12.7. The Kier molecular flexibility index (Phi) is 3.33. The summed E-state index contributed by atoms with van der Waals surface area (Å²) in [5, 5.41) is 1.95. The summed E-state index contributed by atoms with van der Waals surface area (Å²) < 4.78 is 28.5. The zero-order valence-corrected chi connectivity index (χ0v) is 12.8. The van der Waals surface area contributed by atoms with E-state index in [0.29, 0.717) is 24.0 Å². The molecule has 1 saturated carbocycles. The molecule has 2 aromatic heterocycles. The molecule has 8 heteroatoms. The van der Waals surface area contributed by atoms with Crippen molar-refractivity contribution in [3.63, 3.8) is 0 Å². The van der Waals surface area contributed by atoms with Crippen molar-refractivity contribution in [1.29, 1.82) is 0 Å². The molecule has 0 aliphatic heterocycles. The van der Waals surface area contributed by atoms with Gasteiger partial charge in [0.25, 0.3) is 10.0 Å². The predicted octanol–water partition coefficient (Wildman–Crippen LogP) is 2.47. The number of halogens is 1. The number of hydrogen-bond acceptors (Lipinski definition) is 4. The summed E-state index contributed by atoms with van der Waals surface area (Å²) in [5.41, 5.74) is 0. The van der Waals surface area contributed by atoms with Crippen molar-refractivity contribution in [2.45, 2.75) is 24.8 Å². The number of nitrogens with zero attached hydrogens (tertiary/aromatic N) is 3. The van der Waals surface area contributed by atoms with Gasteiger partial charge in [-0.25, -0.2) is 13.4 Å². The molecular formula is C11H14ClN3O2S2. The first-order valence-electron chi connectivity index (χ1n) is 6.15. The molecule has 0 aromatic carbocycles. The van der Waals surface area contributed by atoms with Crippen LogP contribution in [0.15, 0.2) is 16.6 Å². The largest absolute Gasteiger partial charge is 0.279 e. The average Bonchev–Trinajstić information content (AvgIpc) is 2.97. The molecule has 0 atom stereocenters. The molecule has 1 fully saturated rings. The molecule has 0 amide bonds. The second-order valence-corrected chi connectivity index (χ2v) is 7.75. The van der Waals surface area contributed by atoms with Gasteiger partial charge >= 0.3 is 0 Å².